The number of carbonyl (C=O) groups excluding carboxylic acids is 3. The molecule has 0 spiro atoms. The van der Waals surface area contributed by atoms with E-state index >= 15 is 0 Å². The number of benzene rings is 2. The Hall–Kier alpha value is -3.49. The first-order valence-corrected chi connectivity index (χ1v) is 13.3. The molecule has 0 radical (unpaired) electrons. The Kier molecular flexibility index (Phi) is 7.13. The van der Waals surface area contributed by atoms with E-state index in [1.165, 1.54) is 0 Å². The van der Waals surface area contributed by atoms with Crippen molar-refractivity contribution in [3.05, 3.63) is 87.5 Å². The van der Waals surface area contributed by atoms with Crippen molar-refractivity contribution in [2.45, 2.75) is 13.8 Å². The van der Waals surface area contributed by atoms with E-state index in [1.807, 2.05) is 62.4 Å². The summed E-state index contributed by atoms with van der Waals surface area (Å²) in [5.41, 5.74) is 4.88. The van der Waals surface area contributed by atoms with Crippen LogP contribution in [0, 0.1) is 13.8 Å². The van der Waals surface area contributed by atoms with Crippen LogP contribution in [0.3, 0.4) is 0 Å². The molecule has 2 aromatic carbocycles. The second kappa shape index (κ2) is 10.5. The van der Waals surface area contributed by atoms with Gasteiger partial charge in [0.1, 0.15) is 6.54 Å². The molecular formula is C28H27ClN4O3S. The summed E-state index contributed by atoms with van der Waals surface area (Å²) in [6.07, 6.45) is 1.74. The molecule has 0 N–H and O–H groups in total. The molecule has 0 bridgehead atoms. The minimum absolute atomic E-state index is 0.211. The quantitative estimate of drug-likeness (QED) is 0.424. The number of halogens is 1. The van der Waals surface area contributed by atoms with Crippen molar-refractivity contribution >= 4 is 52.2 Å². The predicted octanol–water partition coefficient (Wildman–Crippen LogP) is 5.13. The lowest BCUT2D eigenvalue weighted by atomic mass is 10.2. The van der Waals surface area contributed by atoms with E-state index < -0.39 is 11.1 Å². The van der Waals surface area contributed by atoms with Gasteiger partial charge >= 0.3 is 0 Å². The fraction of sp³-hybridized carbons (Fsp3) is 0.250. The molecule has 3 aromatic rings. The van der Waals surface area contributed by atoms with E-state index in [0.717, 1.165) is 45.0 Å². The Morgan fingerprint density at radius 1 is 0.946 bits per heavy atom. The van der Waals surface area contributed by atoms with Gasteiger partial charge in [-0.15, -0.1) is 0 Å². The lowest BCUT2D eigenvalue weighted by molar-refractivity contribution is -0.136. The molecule has 0 unspecified atom stereocenters. The van der Waals surface area contributed by atoms with Gasteiger partial charge in [-0.1, -0.05) is 29.8 Å². The maximum absolute atomic E-state index is 13.1. The summed E-state index contributed by atoms with van der Waals surface area (Å²) in [5, 5.41) is 0.242. The maximum atomic E-state index is 13.1. The third-order valence-electron chi connectivity index (χ3n) is 6.76. The molecule has 2 aliphatic heterocycles. The van der Waals surface area contributed by atoms with Crippen molar-refractivity contribution in [3.63, 3.8) is 0 Å². The molecule has 5 rings (SSSR count). The van der Waals surface area contributed by atoms with Gasteiger partial charge < -0.3 is 14.4 Å². The minimum Gasteiger partial charge on any atom is -0.368 e. The van der Waals surface area contributed by atoms with E-state index in [-0.39, 0.29) is 12.5 Å². The van der Waals surface area contributed by atoms with E-state index in [9.17, 15) is 14.4 Å². The Balaban J connectivity index is 1.26. The number of hydrogen-bond acceptors (Lipinski definition) is 5. The molecule has 190 valence electrons. The minimum atomic E-state index is -0.428. The van der Waals surface area contributed by atoms with E-state index in [4.69, 9.17) is 11.6 Å². The van der Waals surface area contributed by atoms with Crippen LogP contribution in [-0.4, -0.2) is 64.1 Å². The molecular weight excluding hydrogens is 508 g/mol. The number of imide groups is 1. The molecule has 3 amide bonds. The maximum Gasteiger partial charge on any atom is 0.294 e. The number of hydrogen-bond donors (Lipinski definition) is 0. The molecule has 2 aliphatic rings. The lowest BCUT2D eigenvalue weighted by Gasteiger charge is -2.36. The molecule has 2 saturated heterocycles. The topological polar surface area (TPSA) is 65.9 Å². The molecule has 2 fully saturated rings. The third-order valence-corrected chi connectivity index (χ3v) is 7.92. The Morgan fingerprint density at radius 3 is 2.30 bits per heavy atom. The van der Waals surface area contributed by atoms with Crippen LogP contribution < -0.4 is 4.90 Å². The normalized spacial score (nSPS) is 17.3. The number of piperazine rings is 1. The molecule has 7 nitrogen and oxygen atoms in total. The average Bonchev–Trinajstić information content (AvgIpc) is 3.33. The summed E-state index contributed by atoms with van der Waals surface area (Å²) in [5.74, 6) is -0.639. The molecule has 1 aromatic heterocycles. The molecule has 9 heteroatoms. The summed E-state index contributed by atoms with van der Waals surface area (Å²) in [4.78, 5) is 44.1. The highest BCUT2D eigenvalue weighted by molar-refractivity contribution is 8.18. The predicted molar refractivity (Wildman–Crippen MR) is 148 cm³/mol. The highest BCUT2D eigenvalue weighted by Gasteiger charge is 2.37. The van der Waals surface area contributed by atoms with Gasteiger partial charge in [0.05, 0.1) is 4.91 Å². The number of amides is 3. The van der Waals surface area contributed by atoms with Gasteiger partial charge in [-0.05, 0) is 79.7 Å². The Bertz CT molecular complexity index is 1380. The zero-order valence-corrected chi connectivity index (χ0v) is 22.3. The SMILES string of the molecule is Cc1cc(/C=C2/SC(=O)N(CC(=O)N3CCN(c4ccccc4)CC3)C2=O)c(C)n1-c1ccc(Cl)cc1. The van der Waals surface area contributed by atoms with E-state index in [1.54, 1.807) is 11.0 Å². The van der Waals surface area contributed by atoms with Crippen LogP contribution >= 0.6 is 23.4 Å². The zero-order chi connectivity index (χ0) is 26.1. The monoisotopic (exact) mass is 534 g/mol. The molecule has 0 saturated carbocycles. The largest absolute Gasteiger partial charge is 0.368 e. The van der Waals surface area contributed by atoms with Crippen molar-refractivity contribution < 1.29 is 14.4 Å². The summed E-state index contributed by atoms with van der Waals surface area (Å²) in [6, 6.07) is 19.6. The Morgan fingerprint density at radius 2 is 1.62 bits per heavy atom. The van der Waals surface area contributed by atoms with Crippen molar-refractivity contribution in [2.24, 2.45) is 0 Å². The molecule has 3 heterocycles. The summed E-state index contributed by atoms with van der Waals surface area (Å²) >= 11 is 6.91. The van der Waals surface area contributed by atoms with Crippen LogP contribution in [0.4, 0.5) is 10.5 Å². The van der Waals surface area contributed by atoms with Gasteiger partial charge in [-0.25, -0.2) is 0 Å². The average molecular weight is 535 g/mol. The number of rotatable bonds is 5. The van der Waals surface area contributed by atoms with Crippen molar-refractivity contribution in [2.75, 3.05) is 37.6 Å². The van der Waals surface area contributed by atoms with Gasteiger partial charge in [0.15, 0.2) is 0 Å². The summed E-state index contributed by atoms with van der Waals surface area (Å²) in [7, 11) is 0. The Labute approximate surface area is 225 Å². The standard InChI is InChI=1S/C28H27ClN4O3S/c1-19-16-21(20(2)33(19)24-10-8-22(29)9-11-24)17-25-27(35)32(28(36)37-25)18-26(34)31-14-12-30(13-15-31)23-6-4-3-5-7-23/h3-11,16-17H,12-15,18H2,1-2H3/b25-17+. The smallest absolute Gasteiger partial charge is 0.294 e. The number of thioether (sulfide) groups is 1. The highest BCUT2D eigenvalue weighted by Crippen LogP contribution is 2.34. The first-order chi connectivity index (χ1) is 17.8. The number of para-hydroxylation sites is 1. The fourth-order valence-electron chi connectivity index (χ4n) is 4.79. The first-order valence-electron chi connectivity index (χ1n) is 12.1. The number of anilines is 1. The van der Waals surface area contributed by atoms with Gasteiger partial charge in [0.25, 0.3) is 11.1 Å². The van der Waals surface area contributed by atoms with Crippen LogP contribution in [0.5, 0.6) is 0 Å². The van der Waals surface area contributed by atoms with E-state index in [0.29, 0.717) is 36.1 Å². The van der Waals surface area contributed by atoms with Gasteiger partial charge in [-0.3, -0.25) is 19.3 Å². The molecule has 0 aliphatic carbocycles. The van der Waals surface area contributed by atoms with Crippen LogP contribution in [0.15, 0.2) is 65.6 Å². The van der Waals surface area contributed by atoms with Crippen LogP contribution in [-0.2, 0) is 9.59 Å². The highest BCUT2D eigenvalue weighted by atomic mass is 35.5. The van der Waals surface area contributed by atoms with Gasteiger partial charge in [0, 0.05) is 54.0 Å². The first kappa shape index (κ1) is 25.2. The summed E-state index contributed by atoms with van der Waals surface area (Å²) in [6.45, 7) is 6.24. The third kappa shape index (κ3) is 5.17. The van der Waals surface area contributed by atoms with Crippen LogP contribution in [0.1, 0.15) is 17.0 Å². The second-order valence-electron chi connectivity index (χ2n) is 9.11. The van der Waals surface area contributed by atoms with Crippen molar-refractivity contribution in [1.82, 2.24) is 14.4 Å². The van der Waals surface area contributed by atoms with Crippen molar-refractivity contribution in [1.29, 1.82) is 0 Å². The number of aryl methyl sites for hydroxylation is 1. The fourth-order valence-corrected chi connectivity index (χ4v) is 5.74. The van der Waals surface area contributed by atoms with Gasteiger partial charge in [-0.2, -0.15) is 0 Å². The van der Waals surface area contributed by atoms with E-state index in [2.05, 4.69) is 21.6 Å². The number of nitrogens with zero attached hydrogens (tertiary/aromatic N) is 4. The number of aromatic nitrogens is 1. The number of carbonyl (C=O) groups is 3. The van der Waals surface area contributed by atoms with Crippen molar-refractivity contribution in [3.8, 4) is 5.69 Å². The molecule has 0 atom stereocenters. The van der Waals surface area contributed by atoms with Gasteiger partial charge in [0.2, 0.25) is 5.91 Å². The second-order valence-corrected chi connectivity index (χ2v) is 10.5. The molecule has 37 heavy (non-hydrogen) atoms. The lowest BCUT2D eigenvalue weighted by Crippen LogP contribution is -2.51. The zero-order valence-electron chi connectivity index (χ0n) is 20.7. The summed E-state index contributed by atoms with van der Waals surface area (Å²) < 4.78 is 2.07. The van der Waals surface area contributed by atoms with Crippen LogP contribution in [0.2, 0.25) is 5.02 Å². The van der Waals surface area contributed by atoms with Crippen LogP contribution in [0.25, 0.3) is 11.8 Å².